The molecular weight excluding hydrogens is 407 g/mol. The third kappa shape index (κ3) is 3.99. The topological polar surface area (TPSA) is 50.4 Å². The third-order valence-corrected chi connectivity index (χ3v) is 6.04. The van der Waals surface area contributed by atoms with Crippen molar-refractivity contribution in [3.63, 3.8) is 0 Å². The summed E-state index contributed by atoms with van der Waals surface area (Å²) in [5.74, 6) is 1.84. The standard InChI is InChI=1S/C23H22F3N3O2/c24-23(25,26)18-5-1-3-16(11-18)19-12-27-28-21(19)15-7-9-29(10-8-15)13-17-4-2-6-20-22(17)31-14-30-20/h1-6,11-12,15H,7-10,13-14H2,(H,27,28). The van der Waals surface area contributed by atoms with Crippen LogP contribution in [0.5, 0.6) is 11.5 Å². The van der Waals surface area contributed by atoms with Crippen LogP contribution >= 0.6 is 0 Å². The van der Waals surface area contributed by atoms with E-state index in [0.29, 0.717) is 5.56 Å². The van der Waals surface area contributed by atoms with Crippen molar-refractivity contribution >= 4 is 0 Å². The minimum absolute atomic E-state index is 0.226. The molecule has 0 saturated carbocycles. The van der Waals surface area contributed by atoms with Gasteiger partial charge in [-0.25, -0.2) is 0 Å². The van der Waals surface area contributed by atoms with Gasteiger partial charge in [0.1, 0.15) is 0 Å². The summed E-state index contributed by atoms with van der Waals surface area (Å²) in [7, 11) is 0. The molecule has 0 unspecified atom stereocenters. The van der Waals surface area contributed by atoms with E-state index in [1.54, 1.807) is 12.3 Å². The molecule has 2 aliphatic rings. The molecule has 3 aromatic rings. The number of aromatic nitrogens is 2. The highest BCUT2D eigenvalue weighted by Crippen LogP contribution is 2.39. The lowest BCUT2D eigenvalue weighted by atomic mass is 9.89. The van der Waals surface area contributed by atoms with Crippen LogP contribution in [0.15, 0.2) is 48.7 Å². The van der Waals surface area contributed by atoms with Gasteiger partial charge in [0.15, 0.2) is 11.5 Å². The second-order valence-corrected chi connectivity index (χ2v) is 7.98. The predicted octanol–water partition coefficient (Wildman–Crippen LogP) is 5.20. The molecule has 0 amide bonds. The molecule has 2 aromatic carbocycles. The summed E-state index contributed by atoms with van der Waals surface area (Å²) in [5, 5.41) is 7.19. The Hall–Kier alpha value is -3.00. The van der Waals surface area contributed by atoms with Crippen molar-refractivity contribution in [3.8, 4) is 22.6 Å². The van der Waals surface area contributed by atoms with Crippen molar-refractivity contribution in [1.82, 2.24) is 15.1 Å². The van der Waals surface area contributed by atoms with Crippen LogP contribution in [0.1, 0.15) is 35.6 Å². The molecule has 3 heterocycles. The molecule has 2 aliphatic heterocycles. The number of fused-ring (bicyclic) bond motifs is 1. The minimum atomic E-state index is -4.36. The van der Waals surface area contributed by atoms with Crippen molar-refractivity contribution in [2.45, 2.75) is 31.5 Å². The highest BCUT2D eigenvalue weighted by atomic mass is 19.4. The third-order valence-electron chi connectivity index (χ3n) is 6.04. The molecule has 31 heavy (non-hydrogen) atoms. The van der Waals surface area contributed by atoms with Gasteiger partial charge in [0.05, 0.1) is 11.8 Å². The summed E-state index contributed by atoms with van der Waals surface area (Å²) >= 11 is 0. The molecule has 0 bridgehead atoms. The lowest BCUT2D eigenvalue weighted by Gasteiger charge is -2.32. The maximum atomic E-state index is 13.1. The lowest BCUT2D eigenvalue weighted by Crippen LogP contribution is -2.32. The molecule has 5 nitrogen and oxygen atoms in total. The van der Waals surface area contributed by atoms with Gasteiger partial charge in [-0.05, 0) is 49.7 Å². The molecule has 0 atom stereocenters. The summed E-state index contributed by atoms with van der Waals surface area (Å²) in [6.07, 6.45) is -0.930. The average molecular weight is 429 g/mol. The number of likely N-dealkylation sites (tertiary alicyclic amines) is 1. The van der Waals surface area contributed by atoms with Gasteiger partial charge in [-0.1, -0.05) is 24.3 Å². The van der Waals surface area contributed by atoms with Gasteiger partial charge in [0.2, 0.25) is 6.79 Å². The summed E-state index contributed by atoms with van der Waals surface area (Å²) < 4.78 is 50.4. The van der Waals surface area contributed by atoms with Crippen LogP contribution in [-0.4, -0.2) is 35.0 Å². The van der Waals surface area contributed by atoms with E-state index >= 15 is 0 Å². The maximum absolute atomic E-state index is 13.1. The SMILES string of the molecule is FC(F)(F)c1cccc(-c2cn[nH]c2C2CCN(Cc3cccc4c3OCO4)CC2)c1. The number of nitrogens with zero attached hydrogens (tertiary/aromatic N) is 2. The van der Waals surface area contributed by atoms with Crippen LogP contribution in [0.4, 0.5) is 13.2 Å². The molecular formula is C23H22F3N3O2. The number of hydrogen-bond donors (Lipinski definition) is 1. The Morgan fingerprint density at radius 1 is 1.06 bits per heavy atom. The molecule has 5 rings (SSSR count). The Balaban J connectivity index is 1.28. The minimum Gasteiger partial charge on any atom is -0.454 e. The van der Waals surface area contributed by atoms with Crippen LogP contribution in [0.3, 0.4) is 0 Å². The summed E-state index contributed by atoms with van der Waals surface area (Å²) in [5.41, 5.74) is 2.67. The molecule has 8 heteroatoms. The van der Waals surface area contributed by atoms with E-state index in [2.05, 4.69) is 21.2 Å². The highest BCUT2D eigenvalue weighted by molar-refractivity contribution is 5.66. The fourth-order valence-corrected chi connectivity index (χ4v) is 4.44. The van der Waals surface area contributed by atoms with Crippen molar-refractivity contribution in [3.05, 3.63) is 65.5 Å². The van der Waals surface area contributed by atoms with Crippen LogP contribution in [0, 0.1) is 0 Å². The van der Waals surface area contributed by atoms with Crippen LogP contribution in [0.25, 0.3) is 11.1 Å². The summed E-state index contributed by atoms with van der Waals surface area (Å²) in [4.78, 5) is 2.37. The van der Waals surface area contributed by atoms with Gasteiger partial charge in [0, 0.05) is 29.3 Å². The Morgan fingerprint density at radius 3 is 2.68 bits per heavy atom. The highest BCUT2D eigenvalue weighted by Gasteiger charge is 2.31. The van der Waals surface area contributed by atoms with Gasteiger partial charge in [-0.2, -0.15) is 18.3 Å². The van der Waals surface area contributed by atoms with Crippen molar-refractivity contribution in [1.29, 1.82) is 0 Å². The molecule has 0 aliphatic carbocycles. The van der Waals surface area contributed by atoms with Gasteiger partial charge in [0.25, 0.3) is 0 Å². The first kappa shape index (κ1) is 19.9. The monoisotopic (exact) mass is 429 g/mol. The van der Waals surface area contributed by atoms with E-state index in [0.717, 1.165) is 66.9 Å². The average Bonchev–Trinajstić information content (AvgIpc) is 3.44. The number of hydrogen-bond acceptors (Lipinski definition) is 4. The summed E-state index contributed by atoms with van der Waals surface area (Å²) in [6, 6.07) is 11.4. The number of piperidine rings is 1. The number of alkyl halides is 3. The van der Waals surface area contributed by atoms with E-state index < -0.39 is 11.7 Å². The van der Waals surface area contributed by atoms with Crippen LogP contribution in [0.2, 0.25) is 0 Å². The van der Waals surface area contributed by atoms with Gasteiger partial charge >= 0.3 is 6.18 Å². The zero-order valence-electron chi connectivity index (χ0n) is 16.8. The fourth-order valence-electron chi connectivity index (χ4n) is 4.44. The number of ether oxygens (including phenoxy) is 2. The second kappa shape index (κ2) is 7.92. The Labute approximate surface area is 177 Å². The Bertz CT molecular complexity index is 1070. The molecule has 162 valence electrons. The van der Waals surface area contributed by atoms with Crippen molar-refractivity contribution in [2.24, 2.45) is 0 Å². The molecule has 1 saturated heterocycles. The van der Waals surface area contributed by atoms with Gasteiger partial charge < -0.3 is 9.47 Å². The number of para-hydroxylation sites is 1. The quantitative estimate of drug-likeness (QED) is 0.619. The number of aromatic amines is 1. The smallest absolute Gasteiger partial charge is 0.416 e. The molecule has 1 aromatic heterocycles. The van der Waals surface area contributed by atoms with Crippen molar-refractivity contribution in [2.75, 3.05) is 19.9 Å². The number of rotatable bonds is 4. The van der Waals surface area contributed by atoms with E-state index in [1.165, 1.54) is 12.1 Å². The number of benzene rings is 2. The maximum Gasteiger partial charge on any atom is 0.416 e. The zero-order chi connectivity index (χ0) is 21.4. The fraction of sp³-hybridized carbons (Fsp3) is 0.348. The largest absolute Gasteiger partial charge is 0.454 e. The van der Waals surface area contributed by atoms with Gasteiger partial charge in [-0.15, -0.1) is 0 Å². The molecule has 0 spiro atoms. The van der Waals surface area contributed by atoms with E-state index in [-0.39, 0.29) is 12.7 Å². The first-order valence-corrected chi connectivity index (χ1v) is 10.3. The van der Waals surface area contributed by atoms with E-state index in [1.807, 2.05) is 12.1 Å². The summed E-state index contributed by atoms with van der Waals surface area (Å²) in [6.45, 7) is 2.81. The van der Waals surface area contributed by atoms with Crippen LogP contribution < -0.4 is 9.47 Å². The first-order chi connectivity index (χ1) is 15.0. The van der Waals surface area contributed by atoms with Crippen molar-refractivity contribution < 1.29 is 22.6 Å². The molecule has 1 fully saturated rings. The number of H-pyrrole nitrogens is 1. The van der Waals surface area contributed by atoms with E-state index in [4.69, 9.17) is 9.47 Å². The first-order valence-electron chi connectivity index (χ1n) is 10.3. The molecule has 0 radical (unpaired) electrons. The van der Waals surface area contributed by atoms with E-state index in [9.17, 15) is 13.2 Å². The Kier molecular flexibility index (Phi) is 5.09. The zero-order valence-corrected chi connectivity index (χ0v) is 16.8. The van der Waals surface area contributed by atoms with Crippen LogP contribution in [-0.2, 0) is 12.7 Å². The number of halogens is 3. The Morgan fingerprint density at radius 2 is 1.87 bits per heavy atom. The van der Waals surface area contributed by atoms with Gasteiger partial charge in [-0.3, -0.25) is 10.00 Å². The predicted molar refractivity (Wildman–Crippen MR) is 109 cm³/mol. The molecule has 1 N–H and O–H groups in total. The second-order valence-electron chi connectivity index (χ2n) is 7.98. The lowest BCUT2D eigenvalue weighted by molar-refractivity contribution is -0.137. The number of nitrogens with one attached hydrogen (secondary N) is 1. The normalized spacial score (nSPS) is 17.3.